The van der Waals surface area contributed by atoms with E-state index in [2.05, 4.69) is 22.2 Å². The Balaban J connectivity index is 1.42. The number of fused-ring (bicyclic) bond motifs is 1. The predicted molar refractivity (Wildman–Crippen MR) is 139 cm³/mol. The molecule has 3 aromatic rings. The number of H-pyrrole nitrogens is 1. The summed E-state index contributed by atoms with van der Waals surface area (Å²) in [7, 11) is 0. The average Bonchev–Trinajstić information content (AvgIpc) is 3.22. The summed E-state index contributed by atoms with van der Waals surface area (Å²) in [6.45, 7) is 10.1. The van der Waals surface area contributed by atoms with Crippen molar-refractivity contribution in [3.63, 3.8) is 0 Å². The van der Waals surface area contributed by atoms with Gasteiger partial charge in [0.2, 0.25) is 5.91 Å². The number of rotatable bonds is 6. The summed E-state index contributed by atoms with van der Waals surface area (Å²) in [4.78, 5) is 36.3. The number of piperazine rings is 1. The zero-order valence-electron chi connectivity index (χ0n) is 20.7. The Labute approximate surface area is 210 Å². The molecule has 0 radical (unpaired) electrons. The van der Waals surface area contributed by atoms with Crippen molar-refractivity contribution in [1.82, 2.24) is 20.2 Å². The number of nitrogens with zero attached hydrogens (tertiary/aromatic N) is 3. The molecule has 0 saturated carbocycles. The predicted octanol–water partition coefficient (Wildman–Crippen LogP) is 4.62. The van der Waals surface area contributed by atoms with Crippen molar-refractivity contribution in [2.45, 2.75) is 39.7 Å². The normalized spacial score (nSPS) is 15.0. The van der Waals surface area contributed by atoms with Gasteiger partial charge in [0, 0.05) is 55.2 Å². The number of amides is 2. The van der Waals surface area contributed by atoms with E-state index in [1.807, 2.05) is 56.1 Å². The number of pyridine rings is 1. The van der Waals surface area contributed by atoms with E-state index < -0.39 is 11.7 Å². The maximum absolute atomic E-state index is 13.0. The Morgan fingerprint density at radius 2 is 2.09 bits per heavy atom. The van der Waals surface area contributed by atoms with Crippen LogP contribution in [0.1, 0.15) is 33.3 Å². The molecular formula is C26H32ClN5O3. The van der Waals surface area contributed by atoms with Gasteiger partial charge >= 0.3 is 6.09 Å². The number of hydrogen-bond acceptors (Lipinski definition) is 5. The second kappa shape index (κ2) is 10.3. The molecule has 3 heterocycles. The molecule has 0 aliphatic carbocycles. The van der Waals surface area contributed by atoms with Crippen LogP contribution in [0.15, 0.2) is 36.7 Å². The summed E-state index contributed by atoms with van der Waals surface area (Å²) < 4.78 is 5.25. The van der Waals surface area contributed by atoms with Gasteiger partial charge in [0.1, 0.15) is 11.2 Å². The van der Waals surface area contributed by atoms with Crippen molar-refractivity contribution in [1.29, 1.82) is 0 Å². The van der Waals surface area contributed by atoms with E-state index in [1.54, 1.807) is 11.1 Å². The number of hydrogen-bond donors (Lipinski definition) is 2. The van der Waals surface area contributed by atoms with E-state index in [1.165, 1.54) is 0 Å². The van der Waals surface area contributed by atoms with Crippen molar-refractivity contribution < 1.29 is 14.3 Å². The molecule has 35 heavy (non-hydrogen) atoms. The Kier molecular flexibility index (Phi) is 7.33. The average molecular weight is 498 g/mol. The molecule has 186 valence electrons. The number of ether oxygens (including phenoxy) is 1. The first-order valence-corrected chi connectivity index (χ1v) is 12.3. The van der Waals surface area contributed by atoms with Crippen LogP contribution < -0.4 is 10.2 Å². The number of alkyl carbamates (subject to hydrolysis) is 1. The van der Waals surface area contributed by atoms with Gasteiger partial charge in [-0.2, -0.15) is 0 Å². The first-order valence-electron chi connectivity index (χ1n) is 11.9. The van der Waals surface area contributed by atoms with Crippen LogP contribution in [0.3, 0.4) is 0 Å². The number of aromatic amines is 1. The summed E-state index contributed by atoms with van der Waals surface area (Å²) in [6.07, 6.45) is 4.13. The third-order valence-electron chi connectivity index (χ3n) is 5.97. The van der Waals surface area contributed by atoms with Crippen LogP contribution in [-0.4, -0.2) is 65.2 Å². The molecule has 2 amide bonds. The highest BCUT2D eigenvalue weighted by atomic mass is 35.5. The van der Waals surface area contributed by atoms with Crippen LogP contribution in [0, 0.1) is 0 Å². The number of benzene rings is 1. The van der Waals surface area contributed by atoms with E-state index >= 15 is 0 Å². The highest BCUT2D eigenvalue weighted by Gasteiger charge is 2.25. The standard InChI is InChI=1S/C26H32ClN5O3/c1-5-17-14-29-24-22(17)23(27)20(15-30-24)18-7-6-8-19(13-18)32-12-11-31(16-21(32)33)10-9-28-25(34)35-26(2,3)4/h6-8,13-15H,5,9-12,16H2,1-4H3,(H,28,34)(H,29,30). The van der Waals surface area contributed by atoms with E-state index in [9.17, 15) is 9.59 Å². The van der Waals surface area contributed by atoms with Crippen LogP contribution >= 0.6 is 11.6 Å². The first-order chi connectivity index (χ1) is 16.7. The van der Waals surface area contributed by atoms with E-state index in [0.29, 0.717) is 31.2 Å². The minimum absolute atomic E-state index is 0.0178. The van der Waals surface area contributed by atoms with Crippen molar-refractivity contribution in [2.75, 3.05) is 37.6 Å². The topological polar surface area (TPSA) is 90.6 Å². The van der Waals surface area contributed by atoms with Gasteiger partial charge in [-0.3, -0.25) is 9.69 Å². The maximum atomic E-state index is 13.0. The second-order valence-electron chi connectivity index (χ2n) is 9.68. The Morgan fingerprint density at radius 3 is 2.80 bits per heavy atom. The van der Waals surface area contributed by atoms with E-state index in [4.69, 9.17) is 16.3 Å². The summed E-state index contributed by atoms with van der Waals surface area (Å²) in [5, 5.41) is 4.36. The van der Waals surface area contributed by atoms with Gasteiger partial charge in [-0.25, -0.2) is 9.78 Å². The van der Waals surface area contributed by atoms with Crippen LogP contribution in [0.25, 0.3) is 22.2 Å². The Hall–Kier alpha value is -3.10. The van der Waals surface area contributed by atoms with Gasteiger partial charge < -0.3 is 19.9 Å². The van der Waals surface area contributed by atoms with Gasteiger partial charge in [0.05, 0.1) is 11.6 Å². The number of halogens is 1. The number of carbonyl (C=O) groups excluding carboxylic acids is 2. The van der Waals surface area contributed by atoms with E-state index in [-0.39, 0.29) is 12.5 Å². The number of anilines is 1. The summed E-state index contributed by atoms with van der Waals surface area (Å²) >= 11 is 6.81. The lowest BCUT2D eigenvalue weighted by Crippen LogP contribution is -2.52. The largest absolute Gasteiger partial charge is 0.444 e. The molecule has 1 aromatic carbocycles. The third kappa shape index (κ3) is 5.77. The van der Waals surface area contributed by atoms with Gasteiger partial charge in [-0.15, -0.1) is 0 Å². The molecule has 1 saturated heterocycles. The third-order valence-corrected chi connectivity index (χ3v) is 6.36. The Bertz CT molecular complexity index is 1230. The molecule has 9 heteroatoms. The number of aryl methyl sites for hydroxylation is 1. The fourth-order valence-electron chi connectivity index (χ4n) is 4.26. The summed E-state index contributed by atoms with van der Waals surface area (Å²) in [5.74, 6) is 0.0178. The molecule has 2 aromatic heterocycles. The number of nitrogens with one attached hydrogen (secondary N) is 2. The van der Waals surface area contributed by atoms with Crippen molar-refractivity contribution in [2.24, 2.45) is 0 Å². The smallest absolute Gasteiger partial charge is 0.407 e. The lowest BCUT2D eigenvalue weighted by atomic mass is 10.0. The molecule has 8 nitrogen and oxygen atoms in total. The van der Waals surface area contributed by atoms with Gasteiger partial charge in [0.25, 0.3) is 0 Å². The van der Waals surface area contributed by atoms with Crippen molar-refractivity contribution >= 4 is 40.3 Å². The SMILES string of the molecule is CCc1c[nH]c2ncc(-c3cccc(N4CCN(CCNC(=O)OC(C)(C)C)CC4=O)c3)c(Cl)c12. The molecule has 1 fully saturated rings. The minimum atomic E-state index is -0.536. The molecule has 0 spiro atoms. The zero-order valence-corrected chi connectivity index (χ0v) is 21.4. The van der Waals surface area contributed by atoms with Gasteiger partial charge in [0.15, 0.2) is 0 Å². The highest BCUT2D eigenvalue weighted by molar-refractivity contribution is 6.38. The molecule has 0 unspecified atom stereocenters. The van der Waals surface area contributed by atoms with Crippen LogP contribution in [0.4, 0.5) is 10.5 Å². The quantitative estimate of drug-likeness (QED) is 0.518. The molecule has 2 N–H and O–H groups in total. The van der Waals surface area contributed by atoms with Crippen molar-refractivity contribution in [3.05, 3.63) is 47.2 Å². The van der Waals surface area contributed by atoms with Crippen LogP contribution in [0.2, 0.25) is 5.02 Å². The fourth-order valence-corrected chi connectivity index (χ4v) is 4.63. The Morgan fingerprint density at radius 1 is 1.29 bits per heavy atom. The van der Waals surface area contributed by atoms with Gasteiger partial charge in [-0.05, 0) is 50.5 Å². The number of carbonyl (C=O) groups is 2. The lowest BCUT2D eigenvalue weighted by Gasteiger charge is -2.34. The maximum Gasteiger partial charge on any atom is 0.407 e. The van der Waals surface area contributed by atoms with E-state index in [0.717, 1.165) is 39.8 Å². The molecule has 1 aliphatic rings. The highest BCUT2D eigenvalue weighted by Crippen LogP contribution is 2.36. The lowest BCUT2D eigenvalue weighted by molar-refractivity contribution is -0.121. The zero-order chi connectivity index (χ0) is 25.2. The molecule has 4 rings (SSSR count). The molecule has 0 atom stereocenters. The minimum Gasteiger partial charge on any atom is -0.444 e. The molecule has 1 aliphatic heterocycles. The molecule has 0 bridgehead atoms. The number of aromatic nitrogens is 2. The van der Waals surface area contributed by atoms with Gasteiger partial charge in [-0.1, -0.05) is 30.7 Å². The molecular weight excluding hydrogens is 466 g/mol. The summed E-state index contributed by atoms with van der Waals surface area (Å²) in [6, 6.07) is 7.85. The fraction of sp³-hybridized carbons (Fsp3) is 0.423. The summed E-state index contributed by atoms with van der Waals surface area (Å²) in [5.41, 5.74) is 3.96. The van der Waals surface area contributed by atoms with Crippen LogP contribution in [-0.2, 0) is 16.0 Å². The van der Waals surface area contributed by atoms with Crippen LogP contribution in [0.5, 0.6) is 0 Å². The second-order valence-corrected chi connectivity index (χ2v) is 10.1. The van der Waals surface area contributed by atoms with Crippen molar-refractivity contribution in [3.8, 4) is 11.1 Å². The monoisotopic (exact) mass is 497 g/mol. The first kappa shape index (κ1) is 25.0.